The molecule has 4 nitrogen and oxygen atoms in total. The second-order valence-corrected chi connectivity index (χ2v) is 5.98. The third-order valence-electron chi connectivity index (χ3n) is 4.84. The SMILES string of the molecule is CC(Nc1ncccc1C(=O)O)C1CC2CCC1C2. The maximum Gasteiger partial charge on any atom is 0.339 e. The number of nitrogens with zero attached hydrogens (tertiary/aromatic N) is 1. The van der Waals surface area contributed by atoms with Crippen molar-refractivity contribution in [3.8, 4) is 0 Å². The minimum absolute atomic E-state index is 0.262. The number of carbonyl (C=O) groups is 1. The summed E-state index contributed by atoms with van der Waals surface area (Å²) >= 11 is 0. The van der Waals surface area contributed by atoms with E-state index >= 15 is 0 Å². The van der Waals surface area contributed by atoms with Crippen LogP contribution in [0.2, 0.25) is 0 Å². The molecule has 2 saturated carbocycles. The molecule has 0 aliphatic heterocycles. The molecule has 2 aliphatic carbocycles. The minimum Gasteiger partial charge on any atom is -0.478 e. The third kappa shape index (κ3) is 2.31. The molecule has 0 radical (unpaired) electrons. The summed E-state index contributed by atoms with van der Waals surface area (Å²) in [4.78, 5) is 15.4. The molecular weight excluding hydrogens is 240 g/mol. The molecule has 4 unspecified atom stereocenters. The van der Waals surface area contributed by atoms with E-state index in [1.54, 1.807) is 18.3 Å². The summed E-state index contributed by atoms with van der Waals surface area (Å²) in [5.74, 6) is 1.98. The fourth-order valence-electron chi connectivity index (χ4n) is 3.92. The second-order valence-electron chi connectivity index (χ2n) is 5.98. The van der Waals surface area contributed by atoms with Gasteiger partial charge in [0.2, 0.25) is 0 Å². The average Bonchev–Trinajstić information content (AvgIpc) is 3.01. The van der Waals surface area contributed by atoms with Gasteiger partial charge in [-0.3, -0.25) is 0 Å². The molecule has 0 aromatic carbocycles. The summed E-state index contributed by atoms with van der Waals surface area (Å²) < 4.78 is 0. The Morgan fingerprint density at radius 1 is 1.47 bits per heavy atom. The van der Waals surface area contributed by atoms with E-state index in [1.165, 1.54) is 25.7 Å². The Balaban J connectivity index is 1.73. The van der Waals surface area contributed by atoms with Crippen LogP contribution in [0.1, 0.15) is 43.0 Å². The summed E-state index contributed by atoms with van der Waals surface area (Å²) in [5.41, 5.74) is 0.262. The van der Waals surface area contributed by atoms with Crippen LogP contribution in [0.5, 0.6) is 0 Å². The van der Waals surface area contributed by atoms with Crippen molar-refractivity contribution >= 4 is 11.8 Å². The van der Waals surface area contributed by atoms with E-state index in [0.717, 1.165) is 11.8 Å². The second kappa shape index (κ2) is 4.83. The van der Waals surface area contributed by atoms with Crippen LogP contribution >= 0.6 is 0 Å². The van der Waals surface area contributed by atoms with Gasteiger partial charge in [0.1, 0.15) is 11.4 Å². The first-order valence-corrected chi connectivity index (χ1v) is 7.10. The maximum atomic E-state index is 11.2. The number of aromatic nitrogens is 1. The first-order valence-electron chi connectivity index (χ1n) is 7.10. The fourth-order valence-corrected chi connectivity index (χ4v) is 3.92. The lowest BCUT2D eigenvalue weighted by atomic mass is 9.84. The Morgan fingerprint density at radius 3 is 2.95 bits per heavy atom. The van der Waals surface area contributed by atoms with Crippen molar-refractivity contribution in [1.29, 1.82) is 0 Å². The molecule has 2 fully saturated rings. The molecule has 0 saturated heterocycles. The summed E-state index contributed by atoms with van der Waals surface area (Å²) in [5, 5.41) is 12.5. The van der Waals surface area contributed by atoms with Gasteiger partial charge in [0.25, 0.3) is 0 Å². The zero-order valence-corrected chi connectivity index (χ0v) is 11.2. The van der Waals surface area contributed by atoms with E-state index in [4.69, 9.17) is 5.11 Å². The highest BCUT2D eigenvalue weighted by atomic mass is 16.4. The minimum atomic E-state index is -0.921. The van der Waals surface area contributed by atoms with Crippen molar-refractivity contribution in [1.82, 2.24) is 4.98 Å². The van der Waals surface area contributed by atoms with Crippen molar-refractivity contribution in [3.05, 3.63) is 23.9 Å². The molecule has 4 heteroatoms. The molecule has 2 aliphatic rings. The van der Waals surface area contributed by atoms with Crippen molar-refractivity contribution in [3.63, 3.8) is 0 Å². The molecule has 19 heavy (non-hydrogen) atoms. The predicted molar refractivity (Wildman–Crippen MR) is 73.2 cm³/mol. The standard InChI is InChI=1S/C15H20N2O2/c1-9(13-8-10-4-5-11(13)7-10)17-14-12(15(18)19)3-2-6-16-14/h2-3,6,9-11,13H,4-5,7-8H2,1H3,(H,16,17)(H,18,19). The quantitative estimate of drug-likeness (QED) is 0.873. The van der Waals surface area contributed by atoms with Crippen molar-refractivity contribution in [2.45, 2.75) is 38.6 Å². The number of anilines is 1. The molecule has 2 N–H and O–H groups in total. The molecule has 3 rings (SSSR count). The molecule has 102 valence electrons. The van der Waals surface area contributed by atoms with Gasteiger partial charge in [0.15, 0.2) is 0 Å². The molecule has 1 aromatic heterocycles. The molecule has 1 heterocycles. The average molecular weight is 260 g/mol. The van der Waals surface area contributed by atoms with E-state index in [2.05, 4.69) is 17.2 Å². The number of rotatable bonds is 4. The molecular formula is C15H20N2O2. The Kier molecular flexibility index (Phi) is 3.17. The van der Waals surface area contributed by atoms with Gasteiger partial charge in [-0.1, -0.05) is 6.42 Å². The Hall–Kier alpha value is -1.58. The van der Waals surface area contributed by atoms with Crippen LogP contribution in [0.25, 0.3) is 0 Å². The third-order valence-corrected chi connectivity index (χ3v) is 4.84. The number of carboxylic acid groups (broad SMARTS) is 1. The summed E-state index contributed by atoms with van der Waals surface area (Å²) in [6.07, 6.45) is 7.02. The number of carboxylic acids is 1. The van der Waals surface area contributed by atoms with Crippen LogP contribution in [0.3, 0.4) is 0 Å². The van der Waals surface area contributed by atoms with E-state index in [1.807, 2.05) is 0 Å². The van der Waals surface area contributed by atoms with Gasteiger partial charge in [0, 0.05) is 12.2 Å². The van der Waals surface area contributed by atoms with Crippen LogP contribution < -0.4 is 5.32 Å². The molecule has 0 spiro atoms. The smallest absolute Gasteiger partial charge is 0.339 e. The van der Waals surface area contributed by atoms with Crippen molar-refractivity contribution in [2.24, 2.45) is 17.8 Å². The number of hydrogen-bond acceptors (Lipinski definition) is 3. The van der Waals surface area contributed by atoms with Gasteiger partial charge < -0.3 is 10.4 Å². The van der Waals surface area contributed by atoms with E-state index in [9.17, 15) is 4.79 Å². The van der Waals surface area contributed by atoms with E-state index in [0.29, 0.717) is 17.8 Å². The Bertz CT molecular complexity index is 489. The molecule has 4 atom stereocenters. The lowest BCUT2D eigenvalue weighted by Gasteiger charge is -2.29. The van der Waals surface area contributed by atoms with Crippen LogP contribution in [0, 0.1) is 17.8 Å². The van der Waals surface area contributed by atoms with Crippen molar-refractivity contribution in [2.75, 3.05) is 5.32 Å². The predicted octanol–water partition coefficient (Wildman–Crippen LogP) is 3.02. The first-order chi connectivity index (χ1) is 9.15. The topological polar surface area (TPSA) is 62.2 Å². The highest BCUT2D eigenvalue weighted by molar-refractivity contribution is 5.93. The number of hydrogen-bond donors (Lipinski definition) is 2. The number of aromatic carboxylic acids is 1. The Labute approximate surface area is 113 Å². The summed E-state index contributed by atoms with van der Waals surface area (Å²) in [7, 11) is 0. The number of pyridine rings is 1. The summed E-state index contributed by atoms with van der Waals surface area (Å²) in [6.45, 7) is 2.16. The highest BCUT2D eigenvalue weighted by Gasteiger charge is 2.41. The van der Waals surface area contributed by atoms with Gasteiger partial charge in [0.05, 0.1) is 0 Å². The molecule has 1 aromatic rings. The van der Waals surface area contributed by atoms with Crippen molar-refractivity contribution < 1.29 is 9.90 Å². The lowest BCUT2D eigenvalue weighted by molar-refractivity contribution is 0.0697. The molecule has 2 bridgehead atoms. The van der Waals surface area contributed by atoms with E-state index in [-0.39, 0.29) is 5.56 Å². The first kappa shape index (κ1) is 12.5. The van der Waals surface area contributed by atoms with Gasteiger partial charge in [-0.15, -0.1) is 0 Å². The number of fused-ring (bicyclic) bond motifs is 2. The maximum absolute atomic E-state index is 11.2. The van der Waals surface area contributed by atoms with Crippen LogP contribution in [0.15, 0.2) is 18.3 Å². The fraction of sp³-hybridized carbons (Fsp3) is 0.600. The monoisotopic (exact) mass is 260 g/mol. The zero-order chi connectivity index (χ0) is 13.4. The van der Waals surface area contributed by atoms with Crippen LogP contribution in [-0.4, -0.2) is 22.1 Å². The highest BCUT2D eigenvalue weighted by Crippen LogP contribution is 2.49. The zero-order valence-electron chi connectivity index (χ0n) is 11.2. The van der Waals surface area contributed by atoms with Gasteiger partial charge in [-0.25, -0.2) is 9.78 Å². The van der Waals surface area contributed by atoms with Crippen LogP contribution in [0.4, 0.5) is 5.82 Å². The largest absolute Gasteiger partial charge is 0.478 e. The molecule has 0 amide bonds. The van der Waals surface area contributed by atoms with Gasteiger partial charge in [-0.05, 0) is 56.1 Å². The van der Waals surface area contributed by atoms with E-state index < -0.39 is 5.97 Å². The lowest BCUT2D eigenvalue weighted by Crippen LogP contribution is -2.31. The summed E-state index contributed by atoms with van der Waals surface area (Å²) in [6, 6.07) is 3.56. The van der Waals surface area contributed by atoms with Gasteiger partial charge >= 0.3 is 5.97 Å². The normalized spacial score (nSPS) is 30.3. The number of nitrogens with one attached hydrogen (secondary N) is 1. The van der Waals surface area contributed by atoms with Crippen LogP contribution in [-0.2, 0) is 0 Å². The van der Waals surface area contributed by atoms with Gasteiger partial charge in [-0.2, -0.15) is 0 Å². The Morgan fingerprint density at radius 2 is 2.32 bits per heavy atom.